The number of hydrogen-bond acceptors (Lipinski definition) is 12. The lowest BCUT2D eigenvalue weighted by atomic mass is 9.89. The van der Waals surface area contributed by atoms with Gasteiger partial charge in [0, 0.05) is 55.8 Å². The van der Waals surface area contributed by atoms with Gasteiger partial charge in [0.05, 0.1) is 23.7 Å². The Bertz CT molecular complexity index is 2170. The molecule has 0 radical (unpaired) electrons. The number of fused-ring (bicyclic) bond motifs is 1. The monoisotopic (exact) mass is 917 g/mol. The number of benzene rings is 2. The van der Waals surface area contributed by atoms with Crippen LogP contribution < -0.4 is 40.2 Å². The molecule has 2 aromatic rings. The Morgan fingerprint density at radius 3 is 1.00 bits per heavy atom. The molecule has 0 saturated carbocycles. The molecule has 4 aliphatic rings. The van der Waals surface area contributed by atoms with Crippen molar-refractivity contribution in [3.63, 3.8) is 0 Å². The minimum Gasteiger partial charge on any atom is -0.426 e. The van der Waals surface area contributed by atoms with Gasteiger partial charge in [-0.2, -0.15) is 0 Å². The zero-order chi connectivity index (χ0) is 49.1. The zero-order valence-corrected chi connectivity index (χ0v) is 43.4. The van der Waals surface area contributed by atoms with Gasteiger partial charge in [0.1, 0.15) is 11.5 Å². The highest BCUT2D eigenvalue weighted by Crippen LogP contribution is 2.43. The number of carbonyl (C=O) groups excluding carboxylic acids is 4. The van der Waals surface area contributed by atoms with Crippen molar-refractivity contribution in [2.75, 3.05) is 0 Å². The second kappa shape index (κ2) is 18.4. The van der Waals surface area contributed by atoms with E-state index in [1.165, 1.54) is 0 Å². The number of ether oxygens (including phenoxy) is 4. The summed E-state index contributed by atoms with van der Waals surface area (Å²) in [6, 6.07) is 6.59. The van der Waals surface area contributed by atoms with Gasteiger partial charge in [-0.1, -0.05) is 0 Å². The lowest BCUT2D eigenvalue weighted by Crippen LogP contribution is -2.50. The van der Waals surface area contributed by atoms with Gasteiger partial charge in [0.25, 0.3) is 0 Å². The standard InChI is InChI=1S/C54H84N4O8/c1-47(2)21-17-33(29-51(9,10)55-47)43(59)63-38-25-37-26-41(65-45(61)35-19-23-49(5,6)57-53(13,14)31-35)42(66-46(62)36-20-24-50(7,8)58-54(15,16)32-36)28-39(37)40(27-38)64-44(60)34-18-22-48(3,4)56-52(11,12)30-34/h25-28,33-36,55-58H,17-24,29-32H2,1-16H3. The van der Waals surface area contributed by atoms with Gasteiger partial charge >= 0.3 is 23.9 Å². The molecule has 66 heavy (non-hydrogen) atoms. The van der Waals surface area contributed by atoms with E-state index in [1.54, 1.807) is 24.3 Å². The number of carbonyl (C=O) groups is 4. The van der Waals surface area contributed by atoms with Crippen molar-refractivity contribution in [1.29, 1.82) is 0 Å². The van der Waals surface area contributed by atoms with E-state index in [0.717, 1.165) is 25.7 Å². The van der Waals surface area contributed by atoms with Crippen LogP contribution in [0.15, 0.2) is 24.3 Å². The first kappa shape index (κ1) is 51.8. The summed E-state index contributed by atoms with van der Waals surface area (Å²) in [6.07, 6.45) is 7.79. The molecule has 2 aromatic carbocycles. The Labute approximate surface area is 395 Å². The van der Waals surface area contributed by atoms with E-state index in [4.69, 9.17) is 18.9 Å². The first-order chi connectivity index (χ1) is 30.1. The average Bonchev–Trinajstić information content (AvgIpc) is 3.45. The Balaban J connectivity index is 1.44. The topological polar surface area (TPSA) is 153 Å². The molecular formula is C54H84N4O8. The molecule has 4 atom stereocenters. The van der Waals surface area contributed by atoms with Gasteiger partial charge in [-0.3, -0.25) is 19.2 Å². The minimum atomic E-state index is -0.435. The van der Waals surface area contributed by atoms with Crippen LogP contribution in [-0.4, -0.2) is 68.2 Å². The Hall–Kier alpha value is -3.58. The molecular weight excluding hydrogens is 833 g/mol. The first-order valence-corrected chi connectivity index (χ1v) is 24.8. The summed E-state index contributed by atoms with van der Waals surface area (Å²) in [5, 5.41) is 15.7. The highest BCUT2D eigenvalue weighted by atomic mass is 16.6. The van der Waals surface area contributed by atoms with Crippen LogP contribution in [0.4, 0.5) is 0 Å². The van der Waals surface area contributed by atoms with Crippen LogP contribution in [0, 0.1) is 23.7 Å². The fourth-order valence-electron chi connectivity index (χ4n) is 12.3. The second-order valence-corrected chi connectivity index (χ2v) is 26.0. The highest BCUT2D eigenvalue weighted by molar-refractivity contribution is 5.96. The van der Waals surface area contributed by atoms with Gasteiger partial charge in [-0.25, -0.2) is 0 Å². The van der Waals surface area contributed by atoms with Gasteiger partial charge in [0.2, 0.25) is 0 Å². The predicted octanol–water partition coefficient (Wildman–Crippen LogP) is 10.2. The third-order valence-corrected chi connectivity index (χ3v) is 14.3. The van der Waals surface area contributed by atoms with Crippen molar-refractivity contribution in [2.45, 2.75) is 232 Å². The van der Waals surface area contributed by atoms with Gasteiger partial charge in [0.15, 0.2) is 11.5 Å². The zero-order valence-electron chi connectivity index (χ0n) is 43.4. The maximum atomic E-state index is 14.4. The summed E-state index contributed by atoms with van der Waals surface area (Å²) < 4.78 is 25.4. The summed E-state index contributed by atoms with van der Waals surface area (Å²) in [5.74, 6) is -2.79. The predicted molar refractivity (Wildman–Crippen MR) is 261 cm³/mol. The lowest BCUT2D eigenvalue weighted by Gasteiger charge is -2.34. The number of rotatable bonds is 8. The van der Waals surface area contributed by atoms with Crippen molar-refractivity contribution in [3.05, 3.63) is 24.3 Å². The quantitative estimate of drug-likeness (QED) is 0.147. The van der Waals surface area contributed by atoms with E-state index >= 15 is 0 Å². The first-order valence-electron chi connectivity index (χ1n) is 24.8. The van der Waals surface area contributed by atoms with Crippen molar-refractivity contribution < 1.29 is 38.1 Å². The molecule has 4 aliphatic heterocycles. The molecule has 4 fully saturated rings. The average molecular weight is 917 g/mol. The van der Waals surface area contributed by atoms with Crippen molar-refractivity contribution in [3.8, 4) is 23.0 Å². The summed E-state index contributed by atoms with van der Waals surface area (Å²) in [6.45, 7) is 34.0. The van der Waals surface area contributed by atoms with E-state index in [9.17, 15) is 19.2 Å². The number of esters is 4. The molecule has 12 heteroatoms. The van der Waals surface area contributed by atoms with Crippen LogP contribution in [-0.2, 0) is 19.2 Å². The van der Waals surface area contributed by atoms with E-state index in [2.05, 4.69) is 132 Å². The third-order valence-electron chi connectivity index (χ3n) is 14.3. The van der Waals surface area contributed by atoms with E-state index in [1.807, 2.05) is 0 Å². The van der Waals surface area contributed by atoms with Crippen molar-refractivity contribution >= 4 is 34.6 Å². The van der Waals surface area contributed by atoms with E-state index in [-0.39, 0.29) is 79.2 Å². The van der Waals surface area contributed by atoms with Crippen molar-refractivity contribution in [2.24, 2.45) is 23.7 Å². The van der Waals surface area contributed by atoms with Crippen LogP contribution in [0.5, 0.6) is 23.0 Å². The third kappa shape index (κ3) is 13.8. The van der Waals surface area contributed by atoms with Gasteiger partial charge < -0.3 is 40.2 Å². The number of hydrogen-bond donors (Lipinski definition) is 4. The van der Waals surface area contributed by atoms with Crippen LogP contribution in [0.2, 0.25) is 0 Å². The maximum absolute atomic E-state index is 14.4. The number of nitrogens with one attached hydrogen (secondary N) is 4. The van der Waals surface area contributed by atoms with Crippen LogP contribution in [0.25, 0.3) is 10.8 Å². The molecule has 0 aromatic heterocycles. The molecule has 4 unspecified atom stereocenters. The SMILES string of the molecule is CC1(C)CCC(C(=O)Oc2cc(OC(=O)C3CCC(C)(C)NC(C)(C)C3)c3cc(OC(=O)C4CCC(C)(C)NC(C)(C)C4)c(OC(=O)C4CCC(C)(C)NC(C)(C)C4)cc3c2)CC(C)(C)N1. The molecule has 0 aliphatic carbocycles. The molecule has 0 spiro atoms. The Morgan fingerprint density at radius 2 is 0.667 bits per heavy atom. The van der Waals surface area contributed by atoms with Crippen LogP contribution >= 0.6 is 0 Å². The molecule has 12 nitrogen and oxygen atoms in total. The molecule has 0 amide bonds. The molecule has 368 valence electrons. The van der Waals surface area contributed by atoms with Crippen molar-refractivity contribution in [1.82, 2.24) is 21.3 Å². The molecule has 4 saturated heterocycles. The van der Waals surface area contributed by atoms with Gasteiger partial charge in [-0.15, -0.1) is 0 Å². The second-order valence-electron chi connectivity index (χ2n) is 26.0. The Morgan fingerprint density at radius 1 is 0.379 bits per heavy atom. The summed E-state index contributed by atoms with van der Waals surface area (Å²) >= 11 is 0. The van der Waals surface area contributed by atoms with Crippen LogP contribution in [0.1, 0.15) is 188 Å². The summed E-state index contributed by atoms with van der Waals surface area (Å²) in [7, 11) is 0. The van der Waals surface area contributed by atoms with Gasteiger partial charge in [-0.05, 0) is 211 Å². The van der Waals surface area contributed by atoms with E-state index < -0.39 is 35.7 Å². The molecule has 4 N–H and O–H groups in total. The molecule has 6 rings (SSSR count). The Kier molecular flexibility index (Phi) is 14.4. The summed E-state index contributed by atoms with van der Waals surface area (Å²) in [5.41, 5.74) is -2.04. The minimum absolute atomic E-state index is 0.0563. The fourth-order valence-corrected chi connectivity index (χ4v) is 12.3. The maximum Gasteiger partial charge on any atom is 0.314 e. The smallest absolute Gasteiger partial charge is 0.314 e. The largest absolute Gasteiger partial charge is 0.426 e. The van der Waals surface area contributed by atoms with Crippen LogP contribution in [0.3, 0.4) is 0 Å². The fraction of sp³-hybridized carbons (Fsp3) is 0.741. The van der Waals surface area contributed by atoms with E-state index in [0.29, 0.717) is 62.1 Å². The normalized spacial score (nSPS) is 28.5. The summed E-state index contributed by atoms with van der Waals surface area (Å²) in [4.78, 5) is 57.3. The lowest BCUT2D eigenvalue weighted by molar-refractivity contribution is -0.142. The molecule has 4 heterocycles. The molecule has 0 bridgehead atoms. The highest BCUT2D eigenvalue weighted by Gasteiger charge is 2.42.